The quantitative estimate of drug-likeness (QED) is 0.190. The van der Waals surface area contributed by atoms with Crippen LogP contribution in [0, 0.1) is 11.8 Å². The van der Waals surface area contributed by atoms with Gasteiger partial charge in [0.1, 0.15) is 18.8 Å². The van der Waals surface area contributed by atoms with Crippen LogP contribution >= 0.6 is 0 Å². The minimum atomic E-state index is -1.16. The Morgan fingerprint density at radius 2 is 1.70 bits per heavy atom. The average molecular weight is 654 g/mol. The van der Waals surface area contributed by atoms with E-state index < -0.39 is 36.2 Å². The number of esters is 1. The molecule has 2 aromatic rings. The highest BCUT2D eigenvalue weighted by Crippen LogP contribution is 2.29. The van der Waals surface area contributed by atoms with Crippen LogP contribution in [0.1, 0.15) is 77.2 Å². The van der Waals surface area contributed by atoms with Crippen molar-refractivity contribution in [3.8, 4) is 0 Å². The number of morpholine rings is 1. The number of benzene rings is 2. The molecule has 47 heavy (non-hydrogen) atoms. The van der Waals surface area contributed by atoms with Gasteiger partial charge in [0.15, 0.2) is 0 Å². The number of ether oxygens (including phenoxy) is 2. The number of rotatable bonds is 17. The van der Waals surface area contributed by atoms with Crippen LogP contribution in [-0.2, 0) is 30.3 Å². The lowest BCUT2D eigenvalue weighted by Crippen LogP contribution is -2.57. The number of nitrogens with one attached hydrogen (secondary N) is 2. The third-order valence-corrected chi connectivity index (χ3v) is 9.68. The third-order valence-electron chi connectivity index (χ3n) is 9.68. The summed E-state index contributed by atoms with van der Waals surface area (Å²) < 4.78 is 10.8. The molecule has 1 saturated carbocycles. The number of fused-ring (bicyclic) bond motifs is 1. The SMILES string of the molecule is CCCC[C@H](NC(=O)[C@@H](COC(C)=O)Cc1cccc2ccccc12)C(=O)N[C@@H](CC1CCCCC1)[C@@H](O)[C@@H](O)CN1CCOCC1. The first-order chi connectivity index (χ1) is 22.7. The lowest BCUT2D eigenvalue weighted by atomic mass is 9.83. The van der Waals surface area contributed by atoms with Crippen molar-refractivity contribution in [1.29, 1.82) is 0 Å². The summed E-state index contributed by atoms with van der Waals surface area (Å²) in [6.45, 7) is 6.07. The van der Waals surface area contributed by atoms with Crippen molar-refractivity contribution < 1.29 is 34.1 Å². The van der Waals surface area contributed by atoms with Crippen molar-refractivity contribution in [1.82, 2.24) is 15.5 Å². The van der Waals surface area contributed by atoms with Crippen LogP contribution in [0.3, 0.4) is 0 Å². The molecule has 5 atom stereocenters. The minimum absolute atomic E-state index is 0.108. The van der Waals surface area contributed by atoms with Crippen molar-refractivity contribution >= 4 is 28.6 Å². The van der Waals surface area contributed by atoms with Gasteiger partial charge in [-0.2, -0.15) is 0 Å². The van der Waals surface area contributed by atoms with Gasteiger partial charge >= 0.3 is 5.97 Å². The number of hydrogen-bond donors (Lipinski definition) is 4. The zero-order chi connectivity index (χ0) is 33.6. The lowest BCUT2D eigenvalue weighted by molar-refractivity contribution is -0.144. The van der Waals surface area contributed by atoms with Crippen LogP contribution in [0.2, 0.25) is 0 Å². The van der Waals surface area contributed by atoms with Crippen LogP contribution in [0.25, 0.3) is 10.8 Å². The van der Waals surface area contributed by atoms with E-state index in [-0.39, 0.29) is 18.4 Å². The highest BCUT2D eigenvalue weighted by Gasteiger charge is 2.34. The molecule has 10 nitrogen and oxygen atoms in total. The maximum Gasteiger partial charge on any atom is 0.302 e. The molecule has 2 amide bonds. The molecule has 2 aromatic carbocycles. The smallest absolute Gasteiger partial charge is 0.302 e. The van der Waals surface area contributed by atoms with Gasteiger partial charge in [0.05, 0.1) is 31.3 Å². The largest absolute Gasteiger partial charge is 0.465 e. The second-order valence-electron chi connectivity index (χ2n) is 13.4. The predicted molar refractivity (Wildman–Crippen MR) is 182 cm³/mol. The molecule has 1 aliphatic heterocycles. The van der Waals surface area contributed by atoms with E-state index in [9.17, 15) is 24.6 Å². The summed E-state index contributed by atoms with van der Waals surface area (Å²) in [6.07, 6.45) is 6.15. The number of amides is 2. The molecule has 0 unspecified atom stereocenters. The van der Waals surface area contributed by atoms with Gasteiger partial charge in [0.25, 0.3) is 0 Å². The van der Waals surface area contributed by atoms with Crippen LogP contribution in [0.15, 0.2) is 42.5 Å². The summed E-state index contributed by atoms with van der Waals surface area (Å²) in [5.41, 5.74) is 0.954. The fraction of sp³-hybridized carbons (Fsp3) is 0.649. The Hall–Kier alpha value is -3.05. The first-order valence-electron chi connectivity index (χ1n) is 17.6. The molecule has 2 aliphatic rings. The van der Waals surface area contributed by atoms with E-state index in [1.54, 1.807) is 0 Å². The summed E-state index contributed by atoms with van der Waals surface area (Å²) >= 11 is 0. The molecule has 10 heteroatoms. The monoisotopic (exact) mass is 653 g/mol. The number of aliphatic hydroxyl groups is 2. The Labute approximate surface area is 279 Å². The Bertz CT molecular complexity index is 1270. The van der Waals surface area contributed by atoms with Gasteiger partial charge in [-0.25, -0.2) is 0 Å². The van der Waals surface area contributed by atoms with Crippen molar-refractivity contribution in [3.05, 3.63) is 48.0 Å². The van der Waals surface area contributed by atoms with Crippen LogP contribution < -0.4 is 10.6 Å². The van der Waals surface area contributed by atoms with E-state index in [0.717, 1.165) is 48.4 Å². The van der Waals surface area contributed by atoms with E-state index in [1.807, 2.05) is 49.4 Å². The van der Waals surface area contributed by atoms with Gasteiger partial charge in [-0.15, -0.1) is 0 Å². The standard InChI is InChI=1S/C37H55N3O7/c1-3-4-17-32(38-36(44)30(25-47-26(2)41)23-29-15-10-14-28-13-8-9-16-31(28)29)37(45)39-33(22-27-11-6-5-7-12-27)35(43)34(42)24-40-18-20-46-21-19-40/h8-10,13-16,27,30,32-35,42-43H,3-7,11-12,17-25H2,1-2H3,(H,38,44)(H,39,45)/t30-,32+,33+,34+,35-/m1/s1. The number of nitrogens with zero attached hydrogens (tertiary/aromatic N) is 1. The van der Waals surface area contributed by atoms with Gasteiger partial charge in [0, 0.05) is 26.6 Å². The molecule has 0 aromatic heterocycles. The highest BCUT2D eigenvalue weighted by molar-refractivity contribution is 5.90. The molecular weight excluding hydrogens is 598 g/mol. The van der Waals surface area contributed by atoms with Crippen molar-refractivity contribution in [2.75, 3.05) is 39.5 Å². The van der Waals surface area contributed by atoms with Crippen LogP contribution in [0.5, 0.6) is 0 Å². The number of aliphatic hydroxyl groups excluding tert-OH is 2. The Kier molecular flexibility index (Phi) is 14.9. The Balaban J connectivity index is 1.49. The first kappa shape index (κ1) is 36.8. The maximum atomic E-state index is 13.9. The molecule has 0 radical (unpaired) electrons. The Morgan fingerprint density at radius 1 is 0.979 bits per heavy atom. The van der Waals surface area contributed by atoms with E-state index in [4.69, 9.17) is 9.47 Å². The summed E-state index contributed by atoms with van der Waals surface area (Å²) in [7, 11) is 0. The summed E-state index contributed by atoms with van der Waals surface area (Å²) in [4.78, 5) is 41.6. The fourth-order valence-electron chi connectivity index (χ4n) is 6.92. The summed E-state index contributed by atoms with van der Waals surface area (Å²) in [6, 6.07) is 12.4. The zero-order valence-corrected chi connectivity index (χ0v) is 28.2. The third kappa shape index (κ3) is 11.6. The second-order valence-corrected chi connectivity index (χ2v) is 13.4. The predicted octanol–water partition coefficient (Wildman–Crippen LogP) is 3.75. The molecule has 0 spiro atoms. The maximum absolute atomic E-state index is 13.9. The van der Waals surface area contributed by atoms with Gasteiger partial charge in [0.2, 0.25) is 11.8 Å². The summed E-state index contributed by atoms with van der Waals surface area (Å²) in [5.74, 6) is -1.58. The van der Waals surface area contributed by atoms with Crippen LogP contribution in [0.4, 0.5) is 0 Å². The number of carbonyl (C=O) groups excluding carboxylic acids is 3. The van der Waals surface area contributed by atoms with Crippen molar-refractivity contribution in [2.45, 2.75) is 102 Å². The highest BCUT2D eigenvalue weighted by atomic mass is 16.5. The van der Waals surface area contributed by atoms with E-state index in [0.29, 0.717) is 64.4 Å². The van der Waals surface area contributed by atoms with Crippen molar-refractivity contribution in [2.24, 2.45) is 11.8 Å². The van der Waals surface area contributed by atoms with Gasteiger partial charge < -0.3 is 30.3 Å². The molecule has 2 fully saturated rings. The number of hydrogen-bond acceptors (Lipinski definition) is 8. The molecule has 0 bridgehead atoms. The molecule has 1 heterocycles. The zero-order valence-electron chi connectivity index (χ0n) is 28.2. The molecule has 260 valence electrons. The first-order valence-corrected chi connectivity index (χ1v) is 17.6. The second kappa shape index (κ2) is 19.1. The van der Waals surface area contributed by atoms with Crippen molar-refractivity contribution in [3.63, 3.8) is 0 Å². The average Bonchev–Trinajstić information content (AvgIpc) is 3.08. The molecule has 1 saturated heterocycles. The normalized spacial score (nSPS) is 19.3. The topological polar surface area (TPSA) is 137 Å². The molecule has 4 N–H and O–H groups in total. The minimum Gasteiger partial charge on any atom is -0.465 e. The van der Waals surface area contributed by atoms with E-state index in [1.165, 1.54) is 13.3 Å². The molecule has 4 rings (SSSR count). The number of β-amino-alcohol motifs (C(OH)–C–C–N with tert-alkyl or cyclic N) is 1. The molecule has 1 aliphatic carbocycles. The van der Waals surface area contributed by atoms with Gasteiger partial charge in [-0.3, -0.25) is 19.3 Å². The fourth-order valence-corrected chi connectivity index (χ4v) is 6.92. The van der Waals surface area contributed by atoms with Gasteiger partial charge in [-0.05, 0) is 41.5 Å². The van der Waals surface area contributed by atoms with E-state index >= 15 is 0 Å². The Morgan fingerprint density at radius 3 is 2.43 bits per heavy atom. The summed E-state index contributed by atoms with van der Waals surface area (Å²) in [5, 5.41) is 30.7. The van der Waals surface area contributed by atoms with Crippen LogP contribution in [-0.4, -0.2) is 96.6 Å². The molecular formula is C37H55N3O7. The number of unbranched alkanes of at least 4 members (excludes halogenated alkanes) is 1. The number of carbonyl (C=O) groups is 3. The lowest BCUT2D eigenvalue weighted by Gasteiger charge is -2.35. The van der Waals surface area contributed by atoms with E-state index in [2.05, 4.69) is 15.5 Å². The van der Waals surface area contributed by atoms with Gasteiger partial charge in [-0.1, -0.05) is 94.3 Å².